The molecule has 2 saturated carbocycles. The Kier molecular flexibility index (Phi) is 1.59. The van der Waals surface area contributed by atoms with E-state index in [0.29, 0.717) is 12.3 Å². The topological polar surface area (TPSA) is 37.3 Å². The second kappa shape index (κ2) is 2.32. The first-order chi connectivity index (χ1) is 5.54. The summed E-state index contributed by atoms with van der Waals surface area (Å²) in [5, 5.41) is 9.75. The molecule has 2 fully saturated rings. The third-order valence-electron chi connectivity index (χ3n) is 3.87. The van der Waals surface area contributed by atoms with E-state index in [-0.39, 0.29) is 23.2 Å². The van der Waals surface area contributed by atoms with Gasteiger partial charge in [0.15, 0.2) is 0 Å². The van der Waals surface area contributed by atoms with Crippen LogP contribution in [0, 0.1) is 17.3 Å². The third kappa shape index (κ3) is 1.01. The molecule has 0 unspecified atom stereocenters. The summed E-state index contributed by atoms with van der Waals surface area (Å²) < 4.78 is 0. The van der Waals surface area contributed by atoms with Crippen molar-refractivity contribution in [1.29, 1.82) is 0 Å². The van der Waals surface area contributed by atoms with Gasteiger partial charge in [-0.25, -0.2) is 0 Å². The van der Waals surface area contributed by atoms with E-state index < -0.39 is 0 Å². The van der Waals surface area contributed by atoms with Gasteiger partial charge in [0.2, 0.25) is 0 Å². The zero-order valence-electron chi connectivity index (χ0n) is 7.71. The van der Waals surface area contributed by atoms with E-state index in [1.807, 2.05) is 0 Å². The lowest BCUT2D eigenvalue weighted by atomic mass is 9.79. The average molecular weight is 168 g/mol. The van der Waals surface area contributed by atoms with Crippen LogP contribution in [-0.2, 0) is 4.79 Å². The van der Waals surface area contributed by atoms with Crippen molar-refractivity contribution in [2.75, 3.05) is 0 Å². The quantitative estimate of drug-likeness (QED) is 0.642. The highest BCUT2D eigenvalue weighted by Gasteiger charge is 2.58. The molecule has 0 bridgehead atoms. The molecule has 12 heavy (non-hydrogen) atoms. The molecule has 0 aromatic rings. The van der Waals surface area contributed by atoms with E-state index >= 15 is 0 Å². The molecule has 2 aliphatic carbocycles. The van der Waals surface area contributed by atoms with Gasteiger partial charge < -0.3 is 5.11 Å². The van der Waals surface area contributed by atoms with E-state index in [0.717, 1.165) is 12.8 Å². The zero-order chi connectivity index (χ0) is 8.93. The molecule has 0 aromatic carbocycles. The van der Waals surface area contributed by atoms with E-state index in [1.165, 1.54) is 0 Å². The number of fused-ring (bicyclic) bond motifs is 1. The van der Waals surface area contributed by atoms with Crippen molar-refractivity contribution in [2.24, 2.45) is 17.3 Å². The van der Waals surface area contributed by atoms with Gasteiger partial charge in [0.05, 0.1) is 6.10 Å². The number of Topliss-reactive ketones (excluding diaryl/α,β-unsaturated/α-hetero) is 1. The van der Waals surface area contributed by atoms with Crippen LogP contribution in [0.5, 0.6) is 0 Å². The number of carbonyl (C=O) groups is 1. The van der Waals surface area contributed by atoms with Crippen LogP contribution in [0.3, 0.4) is 0 Å². The van der Waals surface area contributed by atoms with Crippen LogP contribution in [0.1, 0.15) is 33.1 Å². The van der Waals surface area contributed by atoms with Crippen LogP contribution in [0.25, 0.3) is 0 Å². The van der Waals surface area contributed by atoms with E-state index in [2.05, 4.69) is 6.92 Å². The Morgan fingerprint density at radius 2 is 2.17 bits per heavy atom. The molecule has 0 aliphatic heterocycles. The molecule has 0 radical (unpaired) electrons. The smallest absolute Gasteiger partial charge is 0.133 e. The fraction of sp³-hybridized carbons (Fsp3) is 0.900. The van der Waals surface area contributed by atoms with Crippen molar-refractivity contribution < 1.29 is 9.90 Å². The predicted octanol–water partition coefficient (Wildman–Crippen LogP) is 1.37. The number of hydrogen-bond donors (Lipinski definition) is 1. The van der Waals surface area contributed by atoms with Gasteiger partial charge in [0.1, 0.15) is 5.78 Å². The lowest BCUT2D eigenvalue weighted by Crippen LogP contribution is -2.32. The molecule has 2 aliphatic rings. The van der Waals surface area contributed by atoms with Crippen molar-refractivity contribution in [1.82, 2.24) is 0 Å². The van der Waals surface area contributed by atoms with Crippen LogP contribution in [0.2, 0.25) is 0 Å². The van der Waals surface area contributed by atoms with Gasteiger partial charge in [-0.15, -0.1) is 0 Å². The summed E-state index contributed by atoms with van der Waals surface area (Å²) >= 11 is 0. The maximum Gasteiger partial charge on any atom is 0.133 e. The average Bonchev–Trinajstić information content (AvgIpc) is 2.62. The van der Waals surface area contributed by atoms with Crippen LogP contribution in [-0.4, -0.2) is 17.0 Å². The molecular formula is C10H16O2. The molecular weight excluding hydrogens is 152 g/mol. The highest BCUT2D eigenvalue weighted by atomic mass is 16.3. The van der Waals surface area contributed by atoms with Crippen molar-refractivity contribution in [3.8, 4) is 0 Å². The van der Waals surface area contributed by atoms with Crippen molar-refractivity contribution in [3.63, 3.8) is 0 Å². The van der Waals surface area contributed by atoms with Gasteiger partial charge in [-0.3, -0.25) is 4.79 Å². The Morgan fingerprint density at radius 3 is 2.67 bits per heavy atom. The number of aliphatic hydroxyl groups excluding tert-OH is 1. The van der Waals surface area contributed by atoms with Gasteiger partial charge in [0, 0.05) is 5.92 Å². The van der Waals surface area contributed by atoms with Crippen LogP contribution < -0.4 is 0 Å². The molecule has 2 rings (SSSR count). The van der Waals surface area contributed by atoms with Gasteiger partial charge in [-0.2, -0.15) is 0 Å². The first-order valence-electron chi connectivity index (χ1n) is 4.72. The lowest BCUT2D eigenvalue weighted by molar-refractivity contribution is -0.123. The molecule has 0 aromatic heterocycles. The van der Waals surface area contributed by atoms with Crippen molar-refractivity contribution in [2.45, 2.75) is 39.2 Å². The summed E-state index contributed by atoms with van der Waals surface area (Å²) in [5.41, 5.74) is 0.173. The highest BCUT2D eigenvalue weighted by Crippen LogP contribution is 2.62. The molecule has 4 atom stereocenters. The largest absolute Gasteiger partial charge is 0.393 e. The minimum atomic E-state index is -0.231. The number of hydrogen-bond acceptors (Lipinski definition) is 2. The number of aliphatic hydroxyl groups is 1. The van der Waals surface area contributed by atoms with Gasteiger partial charge >= 0.3 is 0 Å². The SMILES string of the molecule is CC(=O)[C@@H]1C[C@@H]2C[C@]2(C)[C@H](O)C1. The Morgan fingerprint density at radius 1 is 1.50 bits per heavy atom. The molecule has 0 heterocycles. The summed E-state index contributed by atoms with van der Waals surface area (Å²) in [5.74, 6) is 1.01. The third-order valence-corrected chi connectivity index (χ3v) is 3.87. The Balaban J connectivity index is 2.06. The highest BCUT2D eigenvalue weighted by molar-refractivity contribution is 5.78. The van der Waals surface area contributed by atoms with Gasteiger partial charge in [-0.05, 0) is 37.5 Å². The summed E-state index contributed by atoms with van der Waals surface area (Å²) in [6.45, 7) is 3.78. The molecule has 2 heteroatoms. The molecule has 0 amide bonds. The van der Waals surface area contributed by atoms with E-state index in [9.17, 15) is 9.90 Å². The van der Waals surface area contributed by atoms with E-state index in [4.69, 9.17) is 0 Å². The monoisotopic (exact) mass is 168 g/mol. The normalized spacial score (nSPS) is 51.4. The summed E-state index contributed by atoms with van der Waals surface area (Å²) in [7, 11) is 0. The molecule has 2 nitrogen and oxygen atoms in total. The molecule has 1 N–H and O–H groups in total. The minimum Gasteiger partial charge on any atom is -0.393 e. The lowest BCUT2D eigenvalue weighted by Gasteiger charge is -2.29. The van der Waals surface area contributed by atoms with Crippen molar-refractivity contribution in [3.05, 3.63) is 0 Å². The maximum absolute atomic E-state index is 11.1. The van der Waals surface area contributed by atoms with Gasteiger partial charge in [-0.1, -0.05) is 6.92 Å². The summed E-state index contributed by atoms with van der Waals surface area (Å²) in [4.78, 5) is 11.1. The van der Waals surface area contributed by atoms with Crippen LogP contribution in [0.4, 0.5) is 0 Å². The fourth-order valence-corrected chi connectivity index (χ4v) is 2.54. The Labute approximate surface area is 73.0 Å². The Hall–Kier alpha value is -0.370. The van der Waals surface area contributed by atoms with E-state index in [1.54, 1.807) is 6.92 Å². The predicted molar refractivity (Wildman–Crippen MR) is 45.6 cm³/mol. The number of carbonyl (C=O) groups excluding carboxylic acids is 1. The van der Waals surface area contributed by atoms with Crippen molar-refractivity contribution >= 4 is 5.78 Å². The first-order valence-corrected chi connectivity index (χ1v) is 4.72. The minimum absolute atomic E-state index is 0.139. The molecule has 0 saturated heterocycles. The Bertz CT molecular complexity index is 224. The van der Waals surface area contributed by atoms with Crippen LogP contribution >= 0.6 is 0 Å². The zero-order valence-corrected chi connectivity index (χ0v) is 7.71. The summed E-state index contributed by atoms with van der Waals surface area (Å²) in [6.07, 6.45) is 2.61. The standard InChI is InChI=1S/C10H16O2/c1-6(11)7-3-8-5-10(8,2)9(12)4-7/h7-9,12H,3-5H2,1-2H3/t7-,8-,9-,10+/m1/s1. The second-order valence-electron chi connectivity index (χ2n) is 4.70. The number of ketones is 1. The molecule has 68 valence electrons. The van der Waals surface area contributed by atoms with Crippen LogP contribution in [0.15, 0.2) is 0 Å². The molecule has 0 spiro atoms. The van der Waals surface area contributed by atoms with Gasteiger partial charge in [0.25, 0.3) is 0 Å². The maximum atomic E-state index is 11.1. The summed E-state index contributed by atoms with van der Waals surface area (Å²) in [6, 6.07) is 0. The fourth-order valence-electron chi connectivity index (χ4n) is 2.54. The second-order valence-corrected chi connectivity index (χ2v) is 4.70. The first kappa shape index (κ1) is 8.24. The number of rotatable bonds is 1.